The molecule has 0 fully saturated rings. The Balaban J connectivity index is 3.09. The van der Waals surface area contributed by atoms with Crippen molar-refractivity contribution in [1.29, 1.82) is 0 Å². The minimum absolute atomic E-state index is 0.0421. The van der Waals surface area contributed by atoms with Gasteiger partial charge in [0.15, 0.2) is 0 Å². The minimum Gasteiger partial charge on any atom is -0.376 e. The average molecular weight is 275 g/mol. The summed E-state index contributed by atoms with van der Waals surface area (Å²) >= 11 is 6.21. The standard InChI is InChI=1S/C12H23ClN4O/c1-5-17-11(9(13)7-15-17)10(16-14)12(8(3)4)18-6-2/h7-8,10,12,16H,5-6,14H2,1-4H3. The van der Waals surface area contributed by atoms with Crippen LogP contribution >= 0.6 is 11.6 Å². The van der Waals surface area contributed by atoms with Crippen molar-refractivity contribution in [2.75, 3.05) is 6.61 Å². The Morgan fingerprint density at radius 1 is 1.50 bits per heavy atom. The monoisotopic (exact) mass is 274 g/mol. The molecule has 1 aromatic heterocycles. The second-order valence-electron chi connectivity index (χ2n) is 4.50. The lowest BCUT2D eigenvalue weighted by Crippen LogP contribution is -2.42. The van der Waals surface area contributed by atoms with E-state index < -0.39 is 0 Å². The van der Waals surface area contributed by atoms with Gasteiger partial charge in [-0.05, 0) is 19.8 Å². The van der Waals surface area contributed by atoms with Crippen LogP contribution in [0.5, 0.6) is 0 Å². The van der Waals surface area contributed by atoms with E-state index in [1.807, 2.05) is 18.5 Å². The van der Waals surface area contributed by atoms with Gasteiger partial charge in [0.05, 0.1) is 29.1 Å². The SMILES string of the molecule is CCOC(C(C)C)C(NN)c1c(Cl)cnn1CC. The quantitative estimate of drug-likeness (QED) is 0.590. The third kappa shape index (κ3) is 3.23. The van der Waals surface area contributed by atoms with Crippen molar-refractivity contribution in [3.63, 3.8) is 0 Å². The number of nitrogens with zero attached hydrogens (tertiary/aromatic N) is 2. The van der Waals surface area contributed by atoms with Crippen LogP contribution in [-0.4, -0.2) is 22.5 Å². The van der Waals surface area contributed by atoms with Gasteiger partial charge in [-0.3, -0.25) is 10.5 Å². The summed E-state index contributed by atoms with van der Waals surface area (Å²) in [6, 6.07) is -0.167. The molecule has 1 rings (SSSR count). The fourth-order valence-corrected chi connectivity index (χ4v) is 2.39. The molecule has 0 saturated heterocycles. The number of aryl methyl sites for hydroxylation is 1. The van der Waals surface area contributed by atoms with Crippen LogP contribution in [0.3, 0.4) is 0 Å². The Kier molecular flexibility index (Phi) is 6.08. The van der Waals surface area contributed by atoms with Crippen LogP contribution in [0, 0.1) is 5.92 Å². The Hall–Kier alpha value is -0.620. The van der Waals surface area contributed by atoms with Gasteiger partial charge >= 0.3 is 0 Å². The summed E-state index contributed by atoms with van der Waals surface area (Å²) < 4.78 is 7.64. The maximum Gasteiger partial charge on any atom is 0.0907 e. The largest absolute Gasteiger partial charge is 0.376 e. The first-order chi connectivity index (χ1) is 8.56. The van der Waals surface area contributed by atoms with Crippen molar-refractivity contribution in [3.05, 3.63) is 16.9 Å². The van der Waals surface area contributed by atoms with Crippen molar-refractivity contribution < 1.29 is 4.74 Å². The molecule has 0 aliphatic rings. The van der Waals surface area contributed by atoms with E-state index in [4.69, 9.17) is 22.2 Å². The Morgan fingerprint density at radius 2 is 2.17 bits per heavy atom. The second kappa shape index (κ2) is 7.09. The lowest BCUT2D eigenvalue weighted by atomic mass is 9.97. The summed E-state index contributed by atoms with van der Waals surface area (Å²) in [5.74, 6) is 6.02. The van der Waals surface area contributed by atoms with Crippen LogP contribution < -0.4 is 11.3 Å². The lowest BCUT2D eigenvalue weighted by Gasteiger charge is -2.30. The number of rotatable bonds is 7. The highest BCUT2D eigenvalue weighted by molar-refractivity contribution is 6.31. The Morgan fingerprint density at radius 3 is 2.61 bits per heavy atom. The third-order valence-corrected chi connectivity index (χ3v) is 3.24. The number of aromatic nitrogens is 2. The number of nitrogens with two attached hydrogens (primary N) is 1. The van der Waals surface area contributed by atoms with Gasteiger partial charge in [0.25, 0.3) is 0 Å². The van der Waals surface area contributed by atoms with Gasteiger partial charge in [0.1, 0.15) is 0 Å². The van der Waals surface area contributed by atoms with Crippen LogP contribution in [0.15, 0.2) is 6.20 Å². The van der Waals surface area contributed by atoms with Gasteiger partial charge in [-0.2, -0.15) is 5.10 Å². The highest BCUT2D eigenvalue weighted by atomic mass is 35.5. The van der Waals surface area contributed by atoms with Crippen molar-refractivity contribution in [2.45, 2.75) is 46.4 Å². The van der Waals surface area contributed by atoms with Crippen LogP contribution in [0.25, 0.3) is 0 Å². The molecule has 3 N–H and O–H groups in total. The average Bonchev–Trinajstić information content (AvgIpc) is 2.71. The van der Waals surface area contributed by atoms with E-state index >= 15 is 0 Å². The van der Waals surface area contributed by atoms with E-state index in [9.17, 15) is 0 Å². The van der Waals surface area contributed by atoms with Gasteiger partial charge < -0.3 is 4.74 Å². The molecule has 0 amide bonds. The number of halogens is 1. The molecule has 5 nitrogen and oxygen atoms in total. The lowest BCUT2D eigenvalue weighted by molar-refractivity contribution is 0.000741. The van der Waals surface area contributed by atoms with Crippen LogP contribution in [0.4, 0.5) is 0 Å². The first-order valence-corrected chi connectivity index (χ1v) is 6.73. The van der Waals surface area contributed by atoms with Gasteiger partial charge in [-0.1, -0.05) is 25.4 Å². The first-order valence-electron chi connectivity index (χ1n) is 6.35. The zero-order valence-electron chi connectivity index (χ0n) is 11.5. The van der Waals surface area contributed by atoms with E-state index in [1.54, 1.807) is 6.20 Å². The number of hydrogen-bond acceptors (Lipinski definition) is 4. The molecule has 104 valence electrons. The van der Waals surface area contributed by atoms with Crippen LogP contribution in [0.2, 0.25) is 5.02 Å². The molecule has 1 heterocycles. The van der Waals surface area contributed by atoms with E-state index in [0.717, 1.165) is 12.2 Å². The molecule has 6 heteroatoms. The van der Waals surface area contributed by atoms with Crippen molar-refractivity contribution >= 4 is 11.6 Å². The molecular formula is C12H23ClN4O. The zero-order valence-corrected chi connectivity index (χ0v) is 12.2. The van der Waals surface area contributed by atoms with Crippen molar-refractivity contribution in [2.24, 2.45) is 11.8 Å². The van der Waals surface area contributed by atoms with E-state index in [-0.39, 0.29) is 12.1 Å². The molecular weight excluding hydrogens is 252 g/mol. The fourth-order valence-electron chi connectivity index (χ4n) is 2.13. The molecule has 2 atom stereocenters. The second-order valence-corrected chi connectivity index (χ2v) is 4.91. The van der Waals surface area contributed by atoms with Gasteiger partial charge in [-0.15, -0.1) is 0 Å². The number of hydrogen-bond donors (Lipinski definition) is 2. The summed E-state index contributed by atoms with van der Waals surface area (Å²) in [6.07, 6.45) is 1.60. The molecule has 0 bridgehead atoms. The van der Waals surface area contributed by atoms with Gasteiger partial charge in [0.2, 0.25) is 0 Å². The molecule has 0 spiro atoms. The topological polar surface area (TPSA) is 65.1 Å². The normalized spacial score (nSPS) is 15.1. The van der Waals surface area contributed by atoms with Crippen LogP contribution in [0.1, 0.15) is 39.4 Å². The number of hydrazine groups is 1. The molecule has 0 aromatic carbocycles. The fraction of sp³-hybridized carbons (Fsp3) is 0.750. The minimum atomic E-state index is -0.167. The highest BCUT2D eigenvalue weighted by Crippen LogP contribution is 2.29. The van der Waals surface area contributed by atoms with E-state index in [0.29, 0.717) is 17.5 Å². The van der Waals surface area contributed by atoms with E-state index in [1.165, 1.54) is 0 Å². The van der Waals surface area contributed by atoms with E-state index in [2.05, 4.69) is 24.4 Å². The maximum absolute atomic E-state index is 6.21. The molecule has 0 saturated carbocycles. The molecule has 18 heavy (non-hydrogen) atoms. The smallest absolute Gasteiger partial charge is 0.0907 e. The first kappa shape index (κ1) is 15.4. The van der Waals surface area contributed by atoms with Crippen molar-refractivity contribution in [1.82, 2.24) is 15.2 Å². The summed E-state index contributed by atoms with van der Waals surface area (Å²) in [6.45, 7) is 9.58. The molecule has 0 radical (unpaired) electrons. The zero-order chi connectivity index (χ0) is 13.7. The predicted molar refractivity (Wildman–Crippen MR) is 73.2 cm³/mol. The highest BCUT2D eigenvalue weighted by Gasteiger charge is 2.30. The van der Waals surface area contributed by atoms with Gasteiger partial charge in [-0.25, -0.2) is 5.43 Å². The summed E-state index contributed by atoms with van der Waals surface area (Å²) in [5.41, 5.74) is 3.70. The van der Waals surface area contributed by atoms with Gasteiger partial charge in [0, 0.05) is 13.2 Å². The summed E-state index contributed by atoms with van der Waals surface area (Å²) in [7, 11) is 0. The molecule has 1 aromatic rings. The Labute approximate surface area is 114 Å². The Bertz CT molecular complexity index is 367. The summed E-state index contributed by atoms with van der Waals surface area (Å²) in [5, 5.41) is 4.85. The predicted octanol–water partition coefficient (Wildman–Crippen LogP) is 2.12. The molecule has 0 aliphatic heterocycles. The maximum atomic E-state index is 6.21. The van der Waals surface area contributed by atoms with Crippen molar-refractivity contribution in [3.8, 4) is 0 Å². The third-order valence-electron chi connectivity index (χ3n) is 2.95. The summed E-state index contributed by atoms with van der Waals surface area (Å²) in [4.78, 5) is 0. The van der Waals surface area contributed by atoms with Crippen LogP contribution in [-0.2, 0) is 11.3 Å². The molecule has 2 unspecified atom stereocenters. The number of nitrogens with one attached hydrogen (secondary N) is 1. The molecule has 0 aliphatic carbocycles. The number of ether oxygens (including phenoxy) is 1.